The Bertz CT molecular complexity index is 1090. The van der Waals surface area contributed by atoms with Crippen LogP contribution in [0, 0.1) is 0 Å². The van der Waals surface area contributed by atoms with Gasteiger partial charge in [-0.25, -0.2) is 0 Å². The van der Waals surface area contributed by atoms with E-state index in [9.17, 15) is 18.0 Å². The third-order valence-corrected chi connectivity index (χ3v) is 5.83. The summed E-state index contributed by atoms with van der Waals surface area (Å²) in [6.07, 6.45) is 0.772. The molecule has 0 bridgehead atoms. The van der Waals surface area contributed by atoms with Crippen LogP contribution in [0.5, 0.6) is 5.75 Å². The van der Waals surface area contributed by atoms with E-state index < -0.39 is 28.8 Å². The zero-order valence-corrected chi connectivity index (χ0v) is 18.7. The molecule has 0 fully saturated rings. The molecule has 0 aliphatic rings. The van der Waals surface area contributed by atoms with Gasteiger partial charge in [0.15, 0.2) is 0 Å². The van der Waals surface area contributed by atoms with Gasteiger partial charge in [0.1, 0.15) is 11.4 Å². The molecule has 6 nitrogen and oxygen atoms in total. The molecule has 2 heterocycles. The first-order chi connectivity index (χ1) is 14.5. The molecule has 0 radical (unpaired) electrons. The lowest BCUT2D eigenvalue weighted by atomic mass is 10.0. The lowest BCUT2D eigenvalue weighted by molar-refractivity contribution is -0.155. The van der Waals surface area contributed by atoms with Gasteiger partial charge in [0, 0.05) is 22.5 Å². The van der Waals surface area contributed by atoms with E-state index >= 15 is 0 Å². The summed E-state index contributed by atoms with van der Waals surface area (Å²) in [4.78, 5) is 18.2. The Morgan fingerprint density at radius 1 is 1.19 bits per heavy atom. The summed E-state index contributed by atoms with van der Waals surface area (Å²) in [7, 11) is 0. The molecule has 3 rings (SSSR count). The van der Waals surface area contributed by atoms with E-state index in [0.717, 1.165) is 33.6 Å². The van der Waals surface area contributed by atoms with Crippen molar-refractivity contribution in [1.29, 1.82) is 0 Å². The number of nitrogens with one attached hydrogen (secondary N) is 1. The largest absolute Gasteiger partial charge is 0.470 e. The van der Waals surface area contributed by atoms with E-state index in [0.29, 0.717) is 5.75 Å². The first-order valence-electron chi connectivity index (χ1n) is 9.03. The number of carbonyl (C=O) groups is 1. The predicted octanol–water partition coefficient (Wildman–Crippen LogP) is 5.08. The summed E-state index contributed by atoms with van der Waals surface area (Å²) >= 11 is 2.72. The molecule has 1 unspecified atom stereocenters. The van der Waals surface area contributed by atoms with Crippen LogP contribution < -0.4 is 10.1 Å². The standard InChI is InChI=1S/C20H20F3N3O3S2/c1-19(2,15-9-16(29-26-15)20(21,22)23)25-17(27)18(31-4)28-12-5-6-14-11(7-12)8-13(30-3)10-24-14/h5-10,18H,1-4H3,(H,25,27). The fraction of sp³-hybridized carbons (Fsp3) is 0.350. The number of alkyl halides is 3. The second kappa shape index (κ2) is 8.99. The molecule has 1 amide bonds. The summed E-state index contributed by atoms with van der Waals surface area (Å²) < 4.78 is 48.6. The fourth-order valence-corrected chi connectivity index (χ4v) is 3.62. The lowest BCUT2D eigenvalue weighted by Crippen LogP contribution is -2.46. The van der Waals surface area contributed by atoms with Gasteiger partial charge < -0.3 is 14.6 Å². The number of aromatic nitrogens is 2. The van der Waals surface area contributed by atoms with Gasteiger partial charge in [-0.2, -0.15) is 13.2 Å². The Balaban J connectivity index is 1.75. The molecular formula is C20H20F3N3O3S2. The van der Waals surface area contributed by atoms with Crippen molar-refractivity contribution in [2.75, 3.05) is 12.5 Å². The van der Waals surface area contributed by atoms with Crippen LogP contribution in [0.1, 0.15) is 25.3 Å². The van der Waals surface area contributed by atoms with Crippen molar-refractivity contribution < 1.29 is 27.2 Å². The molecule has 1 atom stereocenters. The van der Waals surface area contributed by atoms with Crippen LogP contribution in [0.4, 0.5) is 13.2 Å². The molecule has 11 heteroatoms. The average molecular weight is 472 g/mol. The van der Waals surface area contributed by atoms with Gasteiger partial charge in [0.25, 0.3) is 5.91 Å². The summed E-state index contributed by atoms with van der Waals surface area (Å²) in [6.45, 7) is 3.07. The number of nitrogens with zero attached hydrogens (tertiary/aromatic N) is 2. The highest BCUT2D eigenvalue weighted by atomic mass is 32.2. The molecule has 0 saturated heterocycles. The quantitative estimate of drug-likeness (QED) is 0.380. The molecule has 166 valence electrons. The Morgan fingerprint density at radius 2 is 1.94 bits per heavy atom. The summed E-state index contributed by atoms with van der Waals surface area (Å²) in [5.74, 6) is -1.26. The van der Waals surface area contributed by atoms with E-state index in [1.165, 1.54) is 13.8 Å². The molecule has 0 spiro atoms. The van der Waals surface area contributed by atoms with Crippen molar-refractivity contribution in [2.45, 2.75) is 35.9 Å². The second-order valence-electron chi connectivity index (χ2n) is 7.10. The zero-order valence-electron chi connectivity index (χ0n) is 17.1. The minimum atomic E-state index is -4.66. The Kier molecular flexibility index (Phi) is 6.75. The molecule has 0 saturated carbocycles. The number of ether oxygens (including phenoxy) is 1. The van der Waals surface area contributed by atoms with Crippen molar-refractivity contribution in [3.05, 3.63) is 48.0 Å². The Labute approximate surface area is 185 Å². The minimum absolute atomic E-state index is 0.0468. The van der Waals surface area contributed by atoms with E-state index in [1.54, 1.807) is 42.4 Å². The number of hydrogen-bond donors (Lipinski definition) is 1. The molecule has 1 aromatic carbocycles. The monoisotopic (exact) mass is 471 g/mol. The van der Waals surface area contributed by atoms with Crippen molar-refractivity contribution in [2.24, 2.45) is 0 Å². The third kappa shape index (κ3) is 5.45. The van der Waals surface area contributed by atoms with Crippen LogP contribution in [0.2, 0.25) is 0 Å². The first-order valence-corrected chi connectivity index (χ1v) is 11.5. The minimum Gasteiger partial charge on any atom is -0.470 e. The normalized spacial score (nSPS) is 13.3. The van der Waals surface area contributed by atoms with Crippen LogP contribution in [-0.2, 0) is 16.5 Å². The van der Waals surface area contributed by atoms with Gasteiger partial charge in [-0.15, -0.1) is 23.5 Å². The smallest absolute Gasteiger partial charge is 0.452 e. The molecule has 0 aliphatic heterocycles. The molecule has 0 aliphatic carbocycles. The Hall–Kier alpha value is -2.40. The highest BCUT2D eigenvalue weighted by Crippen LogP contribution is 2.32. The topological polar surface area (TPSA) is 77.2 Å². The van der Waals surface area contributed by atoms with E-state index in [2.05, 4.69) is 20.0 Å². The maximum absolute atomic E-state index is 12.8. The maximum Gasteiger partial charge on any atom is 0.452 e. The first kappa shape index (κ1) is 23.3. The SMILES string of the molecule is CSc1cnc2ccc(OC(SC)C(=O)NC(C)(C)c3cc(C(F)(F)F)on3)cc2c1. The molecule has 31 heavy (non-hydrogen) atoms. The summed E-state index contributed by atoms with van der Waals surface area (Å²) in [5, 5.41) is 7.00. The van der Waals surface area contributed by atoms with Crippen molar-refractivity contribution in [1.82, 2.24) is 15.5 Å². The van der Waals surface area contributed by atoms with Crippen LogP contribution in [0.25, 0.3) is 10.9 Å². The third-order valence-electron chi connectivity index (χ3n) is 4.40. The number of pyridine rings is 1. The van der Waals surface area contributed by atoms with E-state index in [4.69, 9.17) is 4.74 Å². The van der Waals surface area contributed by atoms with Gasteiger partial charge >= 0.3 is 6.18 Å². The van der Waals surface area contributed by atoms with Crippen molar-refractivity contribution >= 4 is 40.3 Å². The lowest BCUT2D eigenvalue weighted by Gasteiger charge is -2.26. The molecule has 2 aromatic heterocycles. The van der Waals surface area contributed by atoms with E-state index in [1.807, 2.05) is 12.3 Å². The highest BCUT2D eigenvalue weighted by Gasteiger charge is 2.39. The number of carbonyl (C=O) groups excluding carboxylic acids is 1. The molecule has 1 N–H and O–H groups in total. The van der Waals surface area contributed by atoms with Crippen LogP contribution in [0.15, 0.2) is 45.9 Å². The number of halogens is 3. The summed E-state index contributed by atoms with van der Waals surface area (Å²) in [5.41, 5.74) is -1.39. The van der Waals surface area contributed by atoms with Gasteiger partial charge in [-0.1, -0.05) is 5.16 Å². The number of rotatable bonds is 7. The van der Waals surface area contributed by atoms with Crippen molar-refractivity contribution in [3.8, 4) is 5.75 Å². The van der Waals surface area contributed by atoms with Crippen LogP contribution in [-0.4, -0.2) is 34.0 Å². The second-order valence-corrected chi connectivity index (χ2v) is 8.88. The maximum atomic E-state index is 12.8. The average Bonchev–Trinajstić information content (AvgIpc) is 3.23. The van der Waals surface area contributed by atoms with Gasteiger partial charge in [0.2, 0.25) is 11.2 Å². The predicted molar refractivity (Wildman–Crippen MR) is 114 cm³/mol. The van der Waals surface area contributed by atoms with Crippen LogP contribution >= 0.6 is 23.5 Å². The molecular weight excluding hydrogens is 451 g/mol. The summed E-state index contributed by atoms with van der Waals surface area (Å²) in [6, 6.07) is 8.04. The van der Waals surface area contributed by atoms with Gasteiger partial charge in [0.05, 0.1) is 11.1 Å². The van der Waals surface area contributed by atoms with E-state index in [-0.39, 0.29) is 5.69 Å². The molecule has 3 aromatic rings. The number of benzene rings is 1. The highest BCUT2D eigenvalue weighted by molar-refractivity contribution is 7.99. The van der Waals surface area contributed by atoms with Gasteiger partial charge in [-0.3, -0.25) is 9.78 Å². The number of thioether (sulfide) groups is 2. The fourth-order valence-electron chi connectivity index (χ4n) is 2.74. The number of hydrogen-bond acceptors (Lipinski definition) is 7. The Morgan fingerprint density at radius 3 is 2.55 bits per heavy atom. The zero-order chi connectivity index (χ0) is 22.8. The van der Waals surface area contributed by atoms with Crippen LogP contribution in [0.3, 0.4) is 0 Å². The number of fused-ring (bicyclic) bond motifs is 1. The van der Waals surface area contributed by atoms with Gasteiger partial charge in [-0.05, 0) is 50.6 Å². The number of amides is 1. The van der Waals surface area contributed by atoms with Crippen molar-refractivity contribution in [3.63, 3.8) is 0 Å².